The lowest BCUT2D eigenvalue weighted by atomic mass is 10.0. The van der Waals surface area contributed by atoms with Crippen LogP contribution in [-0.2, 0) is 21.7 Å². The number of sulfone groups is 1. The Labute approximate surface area is 141 Å². The van der Waals surface area contributed by atoms with Gasteiger partial charge in [-0.1, -0.05) is 0 Å². The zero-order valence-electron chi connectivity index (χ0n) is 13.6. The zero-order chi connectivity index (χ0) is 17.1. The molecule has 2 atom stereocenters. The molecule has 7 nitrogen and oxygen atoms in total. The average Bonchev–Trinajstić information content (AvgIpc) is 3.20. The lowest BCUT2D eigenvalue weighted by Gasteiger charge is -2.44. The summed E-state index contributed by atoms with van der Waals surface area (Å²) in [6.07, 6.45) is 3.58. The molecule has 0 bridgehead atoms. The van der Waals surface area contributed by atoms with E-state index in [-0.39, 0.29) is 29.2 Å². The fourth-order valence-electron chi connectivity index (χ4n) is 3.87. The van der Waals surface area contributed by atoms with Crippen molar-refractivity contribution in [2.75, 3.05) is 24.6 Å². The van der Waals surface area contributed by atoms with Gasteiger partial charge in [-0.2, -0.15) is 0 Å². The highest BCUT2D eigenvalue weighted by molar-refractivity contribution is 7.91. The molecular weight excluding hydrogens is 330 g/mol. The van der Waals surface area contributed by atoms with Gasteiger partial charge in [0.2, 0.25) is 5.91 Å². The van der Waals surface area contributed by atoms with Crippen LogP contribution in [0.5, 0.6) is 0 Å². The largest absolute Gasteiger partial charge is 0.347 e. The summed E-state index contributed by atoms with van der Waals surface area (Å²) >= 11 is 0. The Bertz CT molecular complexity index is 796. The third kappa shape index (κ3) is 2.53. The summed E-state index contributed by atoms with van der Waals surface area (Å²) in [7, 11) is -1.45. The minimum atomic E-state index is -3.24. The van der Waals surface area contributed by atoms with Gasteiger partial charge in [-0.25, -0.2) is 8.42 Å². The molecule has 24 heavy (non-hydrogen) atoms. The standard InChI is InChI=1S/C16H21N3O4S/c1-17-6-2-3-12(17)16(21)19-8-7-18(15(20)11-4-5-11)13-9-24(22,23)10-14(13)19/h2-3,6,11,13-14H,4-5,7-10H2,1H3/t13-,14+/m1/s1. The van der Waals surface area contributed by atoms with E-state index in [1.807, 2.05) is 0 Å². The van der Waals surface area contributed by atoms with Gasteiger partial charge >= 0.3 is 0 Å². The SMILES string of the molecule is Cn1cccc1C(=O)N1CCN(C(=O)C2CC2)[C@@H]2CS(=O)(=O)C[C@@H]21. The second-order valence-corrected chi connectivity index (χ2v) is 9.17. The second kappa shape index (κ2) is 5.34. The Morgan fingerprint density at radius 2 is 1.71 bits per heavy atom. The molecule has 3 heterocycles. The molecule has 3 aliphatic rings. The van der Waals surface area contributed by atoms with E-state index in [1.165, 1.54) is 0 Å². The Balaban J connectivity index is 1.63. The van der Waals surface area contributed by atoms with Crippen molar-refractivity contribution in [3.63, 3.8) is 0 Å². The van der Waals surface area contributed by atoms with E-state index >= 15 is 0 Å². The van der Waals surface area contributed by atoms with E-state index in [0.29, 0.717) is 18.8 Å². The summed E-state index contributed by atoms with van der Waals surface area (Å²) in [5.41, 5.74) is 0.542. The summed E-state index contributed by atoms with van der Waals surface area (Å²) < 4.78 is 26.1. The number of aryl methyl sites for hydroxylation is 1. The van der Waals surface area contributed by atoms with Crippen molar-refractivity contribution in [1.29, 1.82) is 0 Å². The summed E-state index contributed by atoms with van der Waals surface area (Å²) in [6.45, 7) is 0.807. The number of carbonyl (C=O) groups excluding carboxylic acids is 2. The maximum Gasteiger partial charge on any atom is 0.270 e. The van der Waals surface area contributed by atoms with E-state index in [2.05, 4.69) is 0 Å². The minimum Gasteiger partial charge on any atom is -0.347 e. The Kier molecular flexibility index (Phi) is 3.49. The number of rotatable bonds is 2. The van der Waals surface area contributed by atoms with E-state index in [1.54, 1.807) is 39.7 Å². The highest BCUT2D eigenvalue weighted by Crippen LogP contribution is 2.35. The van der Waals surface area contributed by atoms with Crippen molar-refractivity contribution >= 4 is 21.7 Å². The highest BCUT2D eigenvalue weighted by Gasteiger charge is 2.51. The van der Waals surface area contributed by atoms with Crippen LogP contribution in [0.2, 0.25) is 0 Å². The molecule has 0 radical (unpaired) electrons. The summed E-state index contributed by atoms with van der Waals surface area (Å²) in [6, 6.07) is 2.70. The van der Waals surface area contributed by atoms with Gasteiger partial charge in [-0.15, -0.1) is 0 Å². The monoisotopic (exact) mass is 351 g/mol. The van der Waals surface area contributed by atoms with Crippen LogP contribution in [0.3, 0.4) is 0 Å². The number of carbonyl (C=O) groups is 2. The first kappa shape index (κ1) is 15.7. The first-order chi connectivity index (χ1) is 11.4. The Morgan fingerprint density at radius 1 is 1.08 bits per heavy atom. The molecule has 2 amide bonds. The zero-order valence-corrected chi connectivity index (χ0v) is 14.4. The molecule has 1 aliphatic carbocycles. The highest BCUT2D eigenvalue weighted by atomic mass is 32.2. The van der Waals surface area contributed by atoms with Crippen LogP contribution in [0, 0.1) is 5.92 Å². The van der Waals surface area contributed by atoms with E-state index in [0.717, 1.165) is 12.8 Å². The van der Waals surface area contributed by atoms with E-state index < -0.39 is 21.9 Å². The van der Waals surface area contributed by atoms with Gasteiger partial charge in [0.25, 0.3) is 5.91 Å². The predicted octanol–water partition coefficient (Wildman–Crippen LogP) is -0.115. The molecular formula is C16H21N3O4S. The third-order valence-corrected chi connectivity index (χ3v) is 7.01. The number of amides is 2. The number of aromatic nitrogens is 1. The molecule has 0 aromatic carbocycles. The van der Waals surface area contributed by atoms with E-state index in [9.17, 15) is 18.0 Å². The quantitative estimate of drug-likeness (QED) is 0.744. The van der Waals surface area contributed by atoms with Crippen molar-refractivity contribution in [2.45, 2.75) is 24.9 Å². The molecule has 1 saturated carbocycles. The molecule has 3 fully saturated rings. The van der Waals surface area contributed by atoms with Gasteiger partial charge < -0.3 is 14.4 Å². The predicted molar refractivity (Wildman–Crippen MR) is 87.1 cm³/mol. The van der Waals surface area contributed by atoms with Crippen LogP contribution in [0.4, 0.5) is 0 Å². The topological polar surface area (TPSA) is 79.7 Å². The lowest BCUT2D eigenvalue weighted by Crippen LogP contribution is -2.62. The fraction of sp³-hybridized carbons (Fsp3) is 0.625. The lowest BCUT2D eigenvalue weighted by molar-refractivity contribution is -0.137. The van der Waals surface area contributed by atoms with Crippen molar-refractivity contribution in [3.8, 4) is 0 Å². The van der Waals surface area contributed by atoms with Crippen LogP contribution < -0.4 is 0 Å². The van der Waals surface area contributed by atoms with Gasteiger partial charge in [0.05, 0.1) is 23.6 Å². The maximum atomic E-state index is 12.9. The molecule has 2 aliphatic heterocycles. The van der Waals surface area contributed by atoms with Crippen molar-refractivity contribution in [1.82, 2.24) is 14.4 Å². The van der Waals surface area contributed by atoms with Gasteiger partial charge in [-0.05, 0) is 25.0 Å². The molecule has 1 aromatic heterocycles. The third-order valence-electron chi connectivity index (χ3n) is 5.31. The van der Waals surface area contributed by atoms with Crippen LogP contribution in [0.1, 0.15) is 23.3 Å². The molecule has 0 N–H and O–H groups in total. The molecule has 1 aromatic rings. The number of fused-ring (bicyclic) bond motifs is 1. The van der Waals surface area contributed by atoms with Crippen LogP contribution in [-0.4, -0.2) is 71.3 Å². The summed E-state index contributed by atoms with van der Waals surface area (Å²) in [5, 5.41) is 0. The van der Waals surface area contributed by atoms with Crippen LogP contribution >= 0.6 is 0 Å². The van der Waals surface area contributed by atoms with Crippen molar-refractivity contribution in [3.05, 3.63) is 24.0 Å². The molecule has 0 unspecified atom stereocenters. The molecule has 130 valence electrons. The fourth-order valence-corrected chi connectivity index (χ4v) is 5.85. The minimum absolute atomic E-state index is 0.0347. The Morgan fingerprint density at radius 3 is 2.29 bits per heavy atom. The number of piperazine rings is 1. The van der Waals surface area contributed by atoms with Gasteiger partial charge in [0, 0.05) is 32.3 Å². The normalized spacial score (nSPS) is 28.7. The molecule has 4 rings (SSSR count). The van der Waals surface area contributed by atoms with Crippen LogP contribution in [0.25, 0.3) is 0 Å². The smallest absolute Gasteiger partial charge is 0.270 e. The van der Waals surface area contributed by atoms with Gasteiger partial charge in [0.15, 0.2) is 9.84 Å². The maximum absolute atomic E-state index is 12.9. The van der Waals surface area contributed by atoms with Crippen molar-refractivity contribution in [2.24, 2.45) is 13.0 Å². The first-order valence-corrected chi connectivity index (χ1v) is 10.1. The number of hydrogen-bond acceptors (Lipinski definition) is 4. The number of hydrogen-bond donors (Lipinski definition) is 0. The van der Waals surface area contributed by atoms with Crippen molar-refractivity contribution < 1.29 is 18.0 Å². The first-order valence-electron chi connectivity index (χ1n) is 8.30. The average molecular weight is 351 g/mol. The second-order valence-electron chi connectivity index (χ2n) is 7.02. The van der Waals surface area contributed by atoms with Gasteiger partial charge in [-0.3, -0.25) is 9.59 Å². The molecule has 8 heteroatoms. The summed E-state index contributed by atoms with van der Waals surface area (Å²) in [4.78, 5) is 28.7. The number of nitrogens with zero attached hydrogens (tertiary/aromatic N) is 3. The van der Waals surface area contributed by atoms with Crippen LogP contribution in [0.15, 0.2) is 18.3 Å². The summed E-state index contributed by atoms with van der Waals surface area (Å²) in [5.74, 6) is -0.125. The van der Waals surface area contributed by atoms with Gasteiger partial charge in [0.1, 0.15) is 5.69 Å². The Hall–Kier alpha value is -1.83. The molecule has 0 spiro atoms. The van der Waals surface area contributed by atoms with E-state index in [4.69, 9.17) is 0 Å². The molecule has 2 saturated heterocycles.